The molecule has 0 bridgehead atoms. The smallest absolute Gasteiger partial charge is 0.258 e. The van der Waals surface area contributed by atoms with E-state index in [1.165, 1.54) is 11.1 Å². The molecule has 21 heavy (non-hydrogen) atoms. The highest BCUT2D eigenvalue weighted by Crippen LogP contribution is 2.37. The Kier molecular flexibility index (Phi) is 3.78. The highest BCUT2D eigenvalue weighted by atomic mass is 16.2. The second kappa shape index (κ2) is 5.72. The number of fused-ring (bicyclic) bond motifs is 1. The zero-order valence-electron chi connectivity index (χ0n) is 12.7. The Balaban J connectivity index is 2.08. The largest absolute Gasteiger partial charge is 0.308 e. The van der Waals surface area contributed by atoms with Crippen LogP contribution in [0.5, 0.6) is 0 Å². The molecule has 0 unspecified atom stereocenters. The quantitative estimate of drug-likeness (QED) is 0.750. The van der Waals surface area contributed by atoms with Crippen molar-refractivity contribution in [3.05, 3.63) is 65.2 Å². The van der Waals surface area contributed by atoms with E-state index in [1.54, 1.807) is 0 Å². The van der Waals surface area contributed by atoms with Crippen LogP contribution >= 0.6 is 0 Å². The zero-order valence-corrected chi connectivity index (χ0v) is 12.7. The highest BCUT2D eigenvalue weighted by Gasteiger charge is 2.26. The number of para-hydroxylation sites is 1. The van der Waals surface area contributed by atoms with Crippen LogP contribution in [0.3, 0.4) is 0 Å². The number of rotatable bonds is 1. The third-order valence-corrected chi connectivity index (χ3v) is 4.35. The molecule has 1 aliphatic heterocycles. The molecule has 0 saturated heterocycles. The topological polar surface area (TPSA) is 20.3 Å². The van der Waals surface area contributed by atoms with Crippen LogP contribution in [-0.2, 0) is 0 Å². The standard InChI is InChI=1S/C19H21NO/c1-14-9-7-13-20(18-15(2)8-6-12-17(14)18)19(21)16-10-4-3-5-11-16/h3-6,8,10-12,14H,7,9,13H2,1-2H3/t14-/m0/s1. The second-order valence-corrected chi connectivity index (χ2v) is 5.88. The van der Waals surface area contributed by atoms with Crippen molar-refractivity contribution in [1.82, 2.24) is 0 Å². The van der Waals surface area contributed by atoms with Crippen molar-refractivity contribution in [2.75, 3.05) is 11.4 Å². The number of hydrogen-bond donors (Lipinski definition) is 0. The van der Waals surface area contributed by atoms with Gasteiger partial charge in [-0.3, -0.25) is 4.79 Å². The van der Waals surface area contributed by atoms with Gasteiger partial charge in [-0.15, -0.1) is 0 Å². The van der Waals surface area contributed by atoms with E-state index in [9.17, 15) is 4.79 Å². The normalized spacial score (nSPS) is 18.0. The van der Waals surface area contributed by atoms with E-state index in [4.69, 9.17) is 0 Å². The summed E-state index contributed by atoms with van der Waals surface area (Å²) in [5.41, 5.74) is 4.37. The Morgan fingerprint density at radius 2 is 1.86 bits per heavy atom. The Bertz CT molecular complexity index is 648. The molecule has 2 aromatic carbocycles. The average Bonchev–Trinajstić information content (AvgIpc) is 2.68. The van der Waals surface area contributed by atoms with Crippen LogP contribution in [0.2, 0.25) is 0 Å². The Morgan fingerprint density at radius 3 is 2.62 bits per heavy atom. The predicted octanol–water partition coefficient (Wildman–Crippen LogP) is 4.54. The first kappa shape index (κ1) is 13.9. The summed E-state index contributed by atoms with van der Waals surface area (Å²) in [7, 11) is 0. The molecule has 0 aromatic heterocycles. The lowest BCUT2D eigenvalue weighted by atomic mass is 9.94. The van der Waals surface area contributed by atoms with Crippen LogP contribution in [0.25, 0.3) is 0 Å². The van der Waals surface area contributed by atoms with Gasteiger partial charge in [0.25, 0.3) is 5.91 Å². The minimum atomic E-state index is 0.111. The van der Waals surface area contributed by atoms with E-state index in [2.05, 4.69) is 32.0 Å². The fraction of sp³-hybridized carbons (Fsp3) is 0.316. The number of carbonyl (C=O) groups is 1. The van der Waals surface area contributed by atoms with Crippen LogP contribution < -0.4 is 4.90 Å². The van der Waals surface area contributed by atoms with Gasteiger partial charge in [0.1, 0.15) is 0 Å². The van der Waals surface area contributed by atoms with Crippen molar-refractivity contribution in [3.8, 4) is 0 Å². The summed E-state index contributed by atoms with van der Waals surface area (Å²) in [5, 5.41) is 0. The zero-order chi connectivity index (χ0) is 14.8. The van der Waals surface area contributed by atoms with Crippen LogP contribution in [0.1, 0.15) is 47.2 Å². The van der Waals surface area contributed by atoms with Gasteiger partial charge in [-0.2, -0.15) is 0 Å². The van der Waals surface area contributed by atoms with Gasteiger partial charge in [0.15, 0.2) is 0 Å². The molecular formula is C19H21NO. The van der Waals surface area contributed by atoms with E-state index in [-0.39, 0.29) is 5.91 Å². The minimum absolute atomic E-state index is 0.111. The average molecular weight is 279 g/mol. The molecule has 0 radical (unpaired) electrons. The fourth-order valence-electron chi connectivity index (χ4n) is 3.21. The molecule has 1 heterocycles. The predicted molar refractivity (Wildman–Crippen MR) is 86.9 cm³/mol. The van der Waals surface area contributed by atoms with Crippen molar-refractivity contribution < 1.29 is 4.79 Å². The van der Waals surface area contributed by atoms with Crippen LogP contribution in [0.15, 0.2) is 48.5 Å². The van der Waals surface area contributed by atoms with E-state index < -0.39 is 0 Å². The lowest BCUT2D eigenvalue weighted by Gasteiger charge is -2.25. The molecule has 0 spiro atoms. The van der Waals surface area contributed by atoms with Gasteiger partial charge in [0.2, 0.25) is 0 Å². The van der Waals surface area contributed by atoms with Crippen molar-refractivity contribution in [2.24, 2.45) is 0 Å². The molecule has 3 rings (SSSR count). The highest BCUT2D eigenvalue weighted by molar-refractivity contribution is 6.07. The Labute approximate surface area is 126 Å². The first-order chi connectivity index (χ1) is 10.2. The molecule has 0 fully saturated rings. The van der Waals surface area contributed by atoms with Crippen molar-refractivity contribution in [3.63, 3.8) is 0 Å². The number of nitrogens with zero attached hydrogens (tertiary/aromatic N) is 1. The summed E-state index contributed by atoms with van der Waals surface area (Å²) >= 11 is 0. The van der Waals surface area contributed by atoms with Gasteiger partial charge >= 0.3 is 0 Å². The molecule has 1 amide bonds. The van der Waals surface area contributed by atoms with Gasteiger partial charge in [-0.25, -0.2) is 0 Å². The maximum absolute atomic E-state index is 12.9. The molecular weight excluding hydrogens is 258 g/mol. The molecule has 0 N–H and O–H groups in total. The van der Waals surface area contributed by atoms with Gasteiger partial charge in [0, 0.05) is 12.1 Å². The van der Waals surface area contributed by atoms with E-state index in [0.717, 1.165) is 30.6 Å². The maximum atomic E-state index is 12.9. The number of carbonyl (C=O) groups excluding carboxylic acids is 1. The first-order valence-electron chi connectivity index (χ1n) is 7.65. The van der Waals surface area contributed by atoms with Gasteiger partial charge in [-0.05, 0) is 48.9 Å². The summed E-state index contributed by atoms with van der Waals surface area (Å²) in [6.07, 6.45) is 2.18. The van der Waals surface area contributed by atoms with Crippen molar-refractivity contribution in [1.29, 1.82) is 0 Å². The third-order valence-electron chi connectivity index (χ3n) is 4.35. The number of aryl methyl sites for hydroxylation is 1. The van der Waals surface area contributed by atoms with Crippen molar-refractivity contribution in [2.45, 2.75) is 32.6 Å². The summed E-state index contributed by atoms with van der Waals surface area (Å²) < 4.78 is 0. The lowest BCUT2D eigenvalue weighted by molar-refractivity contribution is 0.0987. The van der Waals surface area contributed by atoms with Gasteiger partial charge in [-0.1, -0.05) is 43.3 Å². The summed E-state index contributed by atoms with van der Waals surface area (Å²) in [4.78, 5) is 14.9. The molecule has 2 nitrogen and oxygen atoms in total. The van der Waals surface area contributed by atoms with Crippen molar-refractivity contribution >= 4 is 11.6 Å². The molecule has 1 aliphatic rings. The number of hydrogen-bond acceptors (Lipinski definition) is 1. The molecule has 2 heteroatoms. The Morgan fingerprint density at radius 1 is 1.10 bits per heavy atom. The van der Waals surface area contributed by atoms with E-state index in [1.807, 2.05) is 35.2 Å². The first-order valence-corrected chi connectivity index (χ1v) is 7.65. The third kappa shape index (κ3) is 2.58. The Hall–Kier alpha value is -2.09. The summed E-state index contributed by atoms with van der Waals surface area (Å²) in [5.74, 6) is 0.619. The van der Waals surface area contributed by atoms with Crippen LogP contribution in [-0.4, -0.2) is 12.5 Å². The number of amides is 1. The SMILES string of the molecule is Cc1cccc2c1N(C(=O)c1ccccc1)CCC[C@@H]2C. The van der Waals surface area contributed by atoms with E-state index >= 15 is 0 Å². The lowest BCUT2D eigenvalue weighted by Crippen LogP contribution is -2.32. The monoisotopic (exact) mass is 279 g/mol. The van der Waals surface area contributed by atoms with Gasteiger partial charge < -0.3 is 4.90 Å². The molecule has 1 atom stereocenters. The number of anilines is 1. The second-order valence-electron chi connectivity index (χ2n) is 5.88. The molecule has 0 saturated carbocycles. The van der Waals surface area contributed by atoms with Crippen LogP contribution in [0, 0.1) is 6.92 Å². The van der Waals surface area contributed by atoms with E-state index in [0.29, 0.717) is 5.92 Å². The fourth-order valence-corrected chi connectivity index (χ4v) is 3.21. The summed E-state index contributed by atoms with van der Waals surface area (Å²) in [6.45, 7) is 5.16. The van der Waals surface area contributed by atoms with Crippen LogP contribution in [0.4, 0.5) is 5.69 Å². The number of benzene rings is 2. The minimum Gasteiger partial charge on any atom is -0.308 e. The van der Waals surface area contributed by atoms with Gasteiger partial charge in [0.05, 0.1) is 5.69 Å². The molecule has 2 aromatic rings. The molecule has 108 valence electrons. The summed E-state index contributed by atoms with van der Waals surface area (Å²) in [6, 6.07) is 16.0. The maximum Gasteiger partial charge on any atom is 0.258 e. The molecule has 0 aliphatic carbocycles.